The fourth-order valence-electron chi connectivity index (χ4n) is 2.46. The van der Waals surface area contributed by atoms with Crippen molar-refractivity contribution in [3.05, 3.63) is 65.2 Å². The van der Waals surface area contributed by atoms with E-state index in [1.807, 2.05) is 12.1 Å². The molecule has 0 aliphatic carbocycles. The van der Waals surface area contributed by atoms with Crippen LogP contribution < -0.4 is 4.74 Å². The molecule has 142 valence electrons. The first kappa shape index (κ1) is 20.2. The first-order chi connectivity index (χ1) is 12.9. The average Bonchev–Trinajstić information content (AvgIpc) is 2.70. The van der Waals surface area contributed by atoms with Crippen LogP contribution in [0, 0.1) is 0 Å². The minimum atomic E-state index is -0.619. The Morgan fingerprint density at radius 1 is 1.15 bits per heavy atom. The number of aromatic hydroxyl groups is 1. The maximum Gasteiger partial charge on any atom is 0.331 e. The lowest BCUT2D eigenvalue weighted by atomic mass is 9.97. The van der Waals surface area contributed by atoms with Crippen molar-refractivity contribution in [3.63, 3.8) is 0 Å². The van der Waals surface area contributed by atoms with E-state index in [1.54, 1.807) is 24.3 Å². The molecule has 0 saturated carbocycles. The van der Waals surface area contributed by atoms with Crippen LogP contribution in [0.15, 0.2) is 48.5 Å². The molecule has 5 nitrogen and oxygen atoms in total. The minimum Gasteiger partial charge on any atom is -0.504 e. The van der Waals surface area contributed by atoms with Gasteiger partial charge in [0, 0.05) is 11.6 Å². The number of rotatable bonds is 8. The van der Waals surface area contributed by atoms with E-state index in [9.17, 15) is 14.7 Å². The lowest BCUT2D eigenvalue weighted by Gasteiger charge is -2.09. The highest BCUT2D eigenvalue weighted by Crippen LogP contribution is 2.26. The molecular weight excluding hydrogens is 344 g/mol. The third-order valence-electron chi connectivity index (χ3n) is 4.38. The van der Waals surface area contributed by atoms with Gasteiger partial charge in [0.25, 0.3) is 0 Å². The zero-order valence-corrected chi connectivity index (χ0v) is 15.8. The Hall–Kier alpha value is -3.08. The van der Waals surface area contributed by atoms with Crippen molar-refractivity contribution >= 4 is 17.8 Å². The molecule has 2 rings (SSSR count). The Bertz CT molecular complexity index is 821. The average molecular weight is 368 g/mol. The van der Waals surface area contributed by atoms with E-state index >= 15 is 0 Å². The summed E-state index contributed by atoms with van der Waals surface area (Å²) in [7, 11) is 1.44. The summed E-state index contributed by atoms with van der Waals surface area (Å²) in [5.74, 6) is -0.107. The first-order valence-corrected chi connectivity index (χ1v) is 8.79. The summed E-state index contributed by atoms with van der Waals surface area (Å²) in [6.07, 6.45) is 3.78. The van der Waals surface area contributed by atoms with Crippen LogP contribution >= 0.6 is 0 Å². The monoisotopic (exact) mass is 368 g/mol. The lowest BCUT2D eigenvalue weighted by molar-refractivity contribution is -0.136. The molecule has 2 aromatic carbocycles. The van der Waals surface area contributed by atoms with Crippen LogP contribution in [0.4, 0.5) is 0 Å². The summed E-state index contributed by atoms with van der Waals surface area (Å²) in [5, 5.41) is 9.55. The number of ketones is 1. The SMILES string of the molecule is CC[C@@H](C)c1ccc(C(=O)COC(=O)/C=C/c2ccc(O)c(OC)c2)cc1. The second-order valence-corrected chi connectivity index (χ2v) is 6.23. The van der Waals surface area contributed by atoms with Crippen molar-refractivity contribution < 1.29 is 24.2 Å². The summed E-state index contributed by atoms with van der Waals surface area (Å²) in [6.45, 7) is 3.93. The fraction of sp³-hybridized carbons (Fsp3) is 0.273. The van der Waals surface area contributed by atoms with Gasteiger partial charge in [-0.15, -0.1) is 0 Å². The molecule has 2 aromatic rings. The van der Waals surface area contributed by atoms with Crippen LogP contribution in [0.3, 0.4) is 0 Å². The number of carbonyl (C=O) groups excluding carboxylic acids is 2. The number of hydrogen-bond acceptors (Lipinski definition) is 5. The lowest BCUT2D eigenvalue weighted by Crippen LogP contribution is -2.12. The number of phenols is 1. The zero-order chi connectivity index (χ0) is 19.8. The molecule has 1 N–H and O–H groups in total. The molecule has 0 heterocycles. The molecule has 0 spiro atoms. The van der Waals surface area contributed by atoms with E-state index in [0.29, 0.717) is 22.8 Å². The van der Waals surface area contributed by atoms with Gasteiger partial charge in [-0.05, 0) is 41.7 Å². The molecule has 0 aliphatic rings. The van der Waals surface area contributed by atoms with Crippen molar-refractivity contribution in [2.75, 3.05) is 13.7 Å². The van der Waals surface area contributed by atoms with E-state index < -0.39 is 5.97 Å². The highest BCUT2D eigenvalue weighted by atomic mass is 16.5. The Morgan fingerprint density at radius 3 is 2.48 bits per heavy atom. The minimum absolute atomic E-state index is 0.0159. The molecule has 1 atom stereocenters. The molecular formula is C22H24O5. The molecule has 5 heteroatoms. The first-order valence-electron chi connectivity index (χ1n) is 8.79. The molecule has 0 aliphatic heterocycles. The normalized spacial score (nSPS) is 12.0. The van der Waals surface area contributed by atoms with E-state index in [-0.39, 0.29) is 18.1 Å². The summed E-state index contributed by atoms with van der Waals surface area (Å²) in [6, 6.07) is 12.1. The van der Waals surface area contributed by atoms with Crippen molar-refractivity contribution in [2.24, 2.45) is 0 Å². The standard InChI is InChI=1S/C22H24O5/c1-4-15(2)17-7-9-18(10-8-17)20(24)14-27-22(25)12-6-16-5-11-19(23)21(13-16)26-3/h5-13,15,23H,4,14H2,1-3H3/b12-6+/t15-/m1/s1. The number of benzene rings is 2. The predicted molar refractivity (Wildman–Crippen MR) is 104 cm³/mol. The summed E-state index contributed by atoms with van der Waals surface area (Å²) >= 11 is 0. The van der Waals surface area contributed by atoms with Gasteiger partial charge in [0.15, 0.2) is 23.9 Å². The van der Waals surface area contributed by atoms with Crippen LogP contribution in [0.1, 0.15) is 47.7 Å². The smallest absolute Gasteiger partial charge is 0.331 e. The summed E-state index contributed by atoms with van der Waals surface area (Å²) in [5.41, 5.74) is 2.36. The highest BCUT2D eigenvalue weighted by Gasteiger charge is 2.10. The van der Waals surface area contributed by atoms with Crippen LogP contribution in [-0.4, -0.2) is 30.6 Å². The Labute approximate surface area is 159 Å². The number of esters is 1. The van der Waals surface area contributed by atoms with Gasteiger partial charge in [0.1, 0.15) is 0 Å². The number of methoxy groups -OCH3 is 1. The number of Topliss-reactive ketones (excluding diaryl/α,β-unsaturated/α-hetero) is 1. The maximum atomic E-state index is 12.1. The van der Waals surface area contributed by atoms with Gasteiger partial charge in [-0.25, -0.2) is 4.79 Å². The van der Waals surface area contributed by atoms with Crippen LogP contribution in [0.2, 0.25) is 0 Å². The molecule has 0 saturated heterocycles. The van der Waals surface area contributed by atoms with E-state index in [2.05, 4.69) is 13.8 Å². The zero-order valence-electron chi connectivity index (χ0n) is 15.8. The summed E-state index contributed by atoms with van der Waals surface area (Å²) in [4.78, 5) is 24.0. The molecule has 0 aromatic heterocycles. The third-order valence-corrected chi connectivity index (χ3v) is 4.38. The van der Waals surface area contributed by atoms with Crippen molar-refractivity contribution in [1.29, 1.82) is 0 Å². The molecule has 0 bridgehead atoms. The van der Waals surface area contributed by atoms with Gasteiger partial charge < -0.3 is 14.6 Å². The number of hydrogen-bond donors (Lipinski definition) is 1. The third kappa shape index (κ3) is 5.71. The number of ether oxygens (including phenoxy) is 2. The van der Waals surface area contributed by atoms with Crippen LogP contribution in [0.25, 0.3) is 6.08 Å². The van der Waals surface area contributed by atoms with Gasteiger partial charge in [-0.1, -0.05) is 44.2 Å². The van der Waals surface area contributed by atoms with Gasteiger partial charge in [-0.2, -0.15) is 0 Å². The highest BCUT2D eigenvalue weighted by molar-refractivity contribution is 5.98. The van der Waals surface area contributed by atoms with E-state index in [1.165, 1.54) is 30.9 Å². The molecule has 27 heavy (non-hydrogen) atoms. The molecule has 0 radical (unpaired) electrons. The van der Waals surface area contributed by atoms with Crippen LogP contribution in [0.5, 0.6) is 11.5 Å². The molecule has 0 unspecified atom stereocenters. The van der Waals surface area contributed by atoms with Crippen molar-refractivity contribution in [3.8, 4) is 11.5 Å². The second-order valence-electron chi connectivity index (χ2n) is 6.23. The molecule has 0 fully saturated rings. The Balaban J connectivity index is 1.90. The maximum absolute atomic E-state index is 12.1. The Kier molecular flexibility index (Phi) is 7.17. The quantitative estimate of drug-likeness (QED) is 0.426. The van der Waals surface area contributed by atoms with Gasteiger partial charge in [-0.3, -0.25) is 4.79 Å². The van der Waals surface area contributed by atoms with Crippen molar-refractivity contribution in [2.45, 2.75) is 26.2 Å². The van der Waals surface area contributed by atoms with Crippen LogP contribution in [-0.2, 0) is 9.53 Å². The number of carbonyl (C=O) groups is 2. The number of phenolic OH excluding ortho intramolecular Hbond substituents is 1. The van der Waals surface area contributed by atoms with Gasteiger partial charge in [0.2, 0.25) is 0 Å². The van der Waals surface area contributed by atoms with Crippen molar-refractivity contribution in [1.82, 2.24) is 0 Å². The Morgan fingerprint density at radius 2 is 1.85 bits per heavy atom. The van der Waals surface area contributed by atoms with E-state index in [0.717, 1.165) is 6.42 Å². The molecule has 0 amide bonds. The summed E-state index contributed by atoms with van der Waals surface area (Å²) < 4.78 is 10.0. The topological polar surface area (TPSA) is 72.8 Å². The fourth-order valence-corrected chi connectivity index (χ4v) is 2.46. The van der Waals surface area contributed by atoms with E-state index in [4.69, 9.17) is 9.47 Å². The largest absolute Gasteiger partial charge is 0.504 e. The second kappa shape index (κ2) is 9.57. The predicted octanol–water partition coefficient (Wildman–Crippen LogP) is 4.35. The van der Waals surface area contributed by atoms with Gasteiger partial charge >= 0.3 is 5.97 Å². The van der Waals surface area contributed by atoms with Gasteiger partial charge in [0.05, 0.1) is 7.11 Å².